The molecule has 2 aromatic rings. The second-order valence-corrected chi connectivity index (χ2v) is 5.53. The smallest absolute Gasteiger partial charge is 0.137 e. The van der Waals surface area contributed by atoms with E-state index >= 15 is 0 Å². The lowest BCUT2D eigenvalue weighted by molar-refractivity contribution is 0.411. The number of hydrogen-bond donors (Lipinski definition) is 1. The maximum Gasteiger partial charge on any atom is 0.137 e. The molecule has 0 bridgehead atoms. The number of halogens is 1. The van der Waals surface area contributed by atoms with Crippen LogP contribution in [0.25, 0.3) is 0 Å². The summed E-state index contributed by atoms with van der Waals surface area (Å²) in [7, 11) is 1.66. The van der Waals surface area contributed by atoms with Crippen molar-refractivity contribution in [3.05, 3.63) is 57.8 Å². The largest absolute Gasteiger partial charge is 0.495 e. The van der Waals surface area contributed by atoms with Crippen LogP contribution in [-0.2, 0) is 0 Å². The maximum absolute atomic E-state index is 5.27. The summed E-state index contributed by atoms with van der Waals surface area (Å²) in [6, 6.07) is 8.49. The van der Waals surface area contributed by atoms with Crippen molar-refractivity contribution in [3.63, 3.8) is 0 Å². The number of ether oxygens (including phenoxy) is 1. The first-order chi connectivity index (χ1) is 9.65. The van der Waals surface area contributed by atoms with E-state index in [1.807, 2.05) is 12.3 Å². The minimum absolute atomic E-state index is 0.0943. The topological polar surface area (TPSA) is 34.2 Å². The Balaban J connectivity index is 2.46. The van der Waals surface area contributed by atoms with Gasteiger partial charge in [-0.05, 0) is 36.7 Å². The Morgan fingerprint density at radius 2 is 2.10 bits per heavy atom. The summed E-state index contributed by atoms with van der Waals surface area (Å²) in [5, 5.41) is 3.51. The molecule has 3 nitrogen and oxygen atoms in total. The quantitative estimate of drug-likeness (QED) is 0.901. The highest BCUT2D eigenvalue weighted by molar-refractivity contribution is 9.10. The highest BCUT2D eigenvalue weighted by Gasteiger charge is 2.17. The van der Waals surface area contributed by atoms with Gasteiger partial charge in [0, 0.05) is 10.7 Å². The van der Waals surface area contributed by atoms with Crippen molar-refractivity contribution >= 4 is 15.9 Å². The number of rotatable bonds is 5. The molecule has 1 unspecified atom stereocenters. The van der Waals surface area contributed by atoms with Gasteiger partial charge in [-0.3, -0.25) is 4.98 Å². The van der Waals surface area contributed by atoms with Crippen LogP contribution in [-0.4, -0.2) is 18.6 Å². The molecule has 1 aromatic heterocycles. The van der Waals surface area contributed by atoms with Gasteiger partial charge in [0.15, 0.2) is 0 Å². The van der Waals surface area contributed by atoms with Crippen LogP contribution in [0.2, 0.25) is 0 Å². The van der Waals surface area contributed by atoms with E-state index in [0.717, 1.165) is 22.3 Å². The molecule has 0 aliphatic rings. The van der Waals surface area contributed by atoms with Crippen LogP contribution in [0.3, 0.4) is 0 Å². The summed E-state index contributed by atoms with van der Waals surface area (Å²) in [6.45, 7) is 5.08. The minimum Gasteiger partial charge on any atom is -0.495 e. The fourth-order valence-corrected chi connectivity index (χ4v) is 2.68. The molecule has 0 amide bonds. The first-order valence-electron chi connectivity index (χ1n) is 6.64. The molecule has 106 valence electrons. The Kier molecular flexibility index (Phi) is 5.15. The number of aryl methyl sites for hydroxylation is 1. The third kappa shape index (κ3) is 3.38. The van der Waals surface area contributed by atoms with E-state index in [2.05, 4.69) is 58.3 Å². The fourth-order valence-electron chi connectivity index (χ4n) is 2.20. The van der Waals surface area contributed by atoms with Crippen molar-refractivity contribution < 1.29 is 4.74 Å². The van der Waals surface area contributed by atoms with Crippen molar-refractivity contribution in [1.29, 1.82) is 0 Å². The highest BCUT2D eigenvalue weighted by Crippen LogP contribution is 2.30. The molecule has 1 heterocycles. The third-order valence-electron chi connectivity index (χ3n) is 3.17. The second-order valence-electron chi connectivity index (χ2n) is 4.67. The Morgan fingerprint density at radius 3 is 2.80 bits per heavy atom. The summed E-state index contributed by atoms with van der Waals surface area (Å²) in [4.78, 5) is 4.26. The molecule has 0 saturated heterocycles. The van der Waals surface area contributed by atoms with Gasteiger partial charge in [-0.1, -0.05) is 40.5 Å². The Bertz CT molecular complexity index is 586. The molecule has 1 aromatic carbocycles. The molecule has 0 aliphatic heterocycles. The van der Waals surface area contributed by atoms with Crippen LogP contribution in [0.4, 0.5) is 0 Å². The van der Waals surface area contributed by atoms with E-state index in [-0.39, 0.29) is 6.04 Å². The molecule has 0 spiro atoms. The van der Waals surface area contributed by atoms with E-state index < -0.39 is 0 Å². The van der Waals surface area contributed by atoms with Crippen LogP contribution < -0.4 is 10.1 Å². The van der Waals surface area contributed by atoms with Crippen LogP contribution in [0.5, 0.6) is 5.75 Å². The van der Waals surface area contributed by atoms with Gasteiger partial charge in [-0.2, -0.15) is 0 Å². The molecular formula is C16H19BrN2O. The monoisotopic (exact) mass is 334 g/mol. The molecular weight excluding hydrogens is 316 g/mol. The van der Waals surface area contributed by atoms with Crippen molar-refractivity contribution in [2.24, 2.45) is 0 Å². The summed E-state index contributed by atoms with van der Waals surface area (Å²) in [5.41, 5.74) is 3.54. The first-order valence-corrected chi connectivity index (χ1v) is 7.43. The van der Waals surface area contributed by atoms with E-state index in [1.165, 1.54) is 11.1 Å². The summed E-state index contributed by atoms with van der Waals surface area (Å²) in [6.07, 6.45) is 3.60. The van der Waals surface area contributed by atoms with E-state index in [9.17, 15) is 0 Å². The van der Waals surface area contributed by atoms with Crippen molar-refractivity contribution in [2.45, 2.75) is 19.9 Å². The van der Waals surface area contributed by atoms with Gasteiger partial charge in [0.05, 0.1) is 19.3 Å². The van der Waals surface area contributed by atoms with E-state index in [1.54, 1.807) is 13.3 Å². The molecule has 1 atom stereocenters. The summed E-state index contributed by atoms with van der Waals surface area (Å²) >= 11 is 3.64. The minimum atomic E-state index is 0.0943. The van der Waals surface area contributed by atoms with Crippen LogP contribution in [0, 0.1) is 6.92 Å². The molecule has 4 heteroatoms. The van der Waals surface area contributed by atoms with Gasteiger partial charge in [0.25, 0.3) is 0 Å². The zero-order chi connectivity index (χ0) is 14.5. The number of nitrogens with one attached hydrogen (secondary N) is 1. The zero-order valence-electron chi connectivity index (χ0n) is 12.0. The Labute approximate surface area is 128 Å². The molecule has 1 N–H and O–H groups in total. The average Bonchev–Trinajstić information content (AvgIpc) is 2.47. The van der Waals surface area contributed by atoms with Gasteiger partial charge >= 0.3 is 0 Å². The second kappa shape index (κ2) is 6.86. The average molecular weight is 335 g/mol. The van der Waals surface area contributed by atoms with Crippen LogP contribution in [0.15, 0.2) is 41.1 Å². The van der Waals surface area contributed by atoms with E-state index in [4.69, 9.17) is 4.74 Å². The van der Waals surface area contributed by atoms with Gasteiger partial charge in [-0.15, -0.1) is 0 Å². The summed E-state index contributed by atoms with van der Waals surface area (Å²) < 4.78 is 6.37. The third-order valence-corrected chi connectivity index (χ3v) is 3.90. The van der Waals surface area contributed by atoms with E-state index in [0.29, 0.717) is 0 Å². The van der Waals surface area contributed by atoms with Gasteiger partial charge in [0.2, 0.25) is 0 Å². The lowest BCUT2D eigenvalue weighted by Gasteiger charge is -2.21. The number of pyridine rings is 1. The summed E-state index contributed by atoms with van der Waals surface area (Å²) in [5.74, 6) is 0.772. The fraction of sp³-hybridized carbons (Fsp3) is 0.312. The number of nitrogens with zero attached hydrogens (tertiary/aromatic N) is 1. The normalized spacial score (nSPS) is 12.2. The van der Waals surface area contributed by atoms with Crippen LogP contribution >= 0.6 is 15.9 Å². The first kappa shape index (κ1) is 15.0. The number of benzene rings is 1. The number of methoxy groups -OCH3 is 1. The van der Waals surface area contributed by atoms with Crippen molar-refractivity contribution in [2.75, 3.05) is 13.7 Å². The number of aromatic nitrogens is 1. The molecule has 2 rings (SSSR count). The molecule has 20 heavy (non-hydrogen) atoms. The Hall–Kier alpha value is -1.39. The molecule has 0 saturated carbocycles. The molecule has 0 aliphatic carbocycles. The van der Waals surface area contributed by atoms with Crippen molar-refractivity contribution in [3.8, 4) is 5.75 Å². The molecule has 0 radical (unpaired) electrons. The van der Waals surface area contributed by atoms with Gasteiger partial charge < -0.3 is 10.1 Å². The number of hydrogen-bond acceptors (Lipinski definition) is 3. The van der Waals surface area contributed by atoms with Crippen LogP contribution in [0.1, 0.15) is 29.7 Å². The standard InChI is InChI=1S/C16H19BrN2O/c1-4-19-16(12-8-13(20-3)10-18-9-12)14-7-11(2)5-6-15(14)17/h5-10,16,19H,4H2,1-3H3. The molecule has 0 fully saturated rings. The van der Waals surface area contributed by atoms with Gasteiger partial charge in [-0.25, -0.2) is 0 Å². The SMILES string of the molecule is CCNC(c1cncc(OC)c1)c1cc(C)ccc1Br. The lowest BCUT2D eigenvalue weighted by Crippen LogP contribution is -2.22. The highest BCUT2D eigenvalue weighted by atomic mass is 79.9. The lowest BCUT2D eigenvalue weighted by atomic mass is 9.98. The predicted molar refractivity (Wildman–Crippen MR) is 85.2 cm³/mol. The van der Waals surface area contributed by atoms with Gasteiger partial charge in [0.1, 0.15) is 5.75 Å². The maximum atomic E-state index is 5.27. The zero-order valence-corrected chi connectivity index (χ0v) is 13.6. The van der Waals surface area contributed by atoms with Crippen molar-refractivity contribution in [1.82, 2.24) is 10.3 Å². The predicted octanol–water partition coefficient (Wildman–Crippen LogP) is 3.86. The Morgan fingerprint density at radius 1 is 1.30 bits per heavy atom.